The van der Waals surface area contributed by atoms with E-state index in [-0.39, 0.29) is 11.8 Å². The average Bonchev–Trinajstić information content (AvgIpc) is 2.61. The largest absolute Gasteiger partial charge is 0.388 e. The highest BCUT2D eigenvalue weighted by Gasteiger charge is 2.40. The summed E-state index contributed by atoms with van der Waals surface area (Å²) < 4.78 is 0. The Morgan fingerprint density at radius 2 is 2.32 bits per heavy atom. The van der Waals surface area contributed by atoms with Crippen LogP contribution in [0.5, 0.6) is 0 Å². The Morgan fingerprint density at radius 1 is 1.58 bits per heavy atom. The molecule has 1 amide bonds. The number of benzene rings is 1. The van der Waals surface area contributed by atoms with Crippen LogP contribution in [0.15, 0.2) is 24.3 Å². The molecule has 104 valence electrons. The standard InChI is InChI=1S/C15H20ClNO2/c1-11-9-17(10-15(11,2)19)14(18)7-6-12-4-3-5-13(16)8-12/h3-5,8,11,19H,6-7,9-10H2,1-2H3/t11-,15+/m1/s1. The first-order valence-corrected chi connectivity index (χ1v) is 7.01. The third-order valence-electron chi connectivity index (χ3n) is 3.94. The summed E-state index contributed by atoms with van der Waals surface area (Å²) in [6.07, 6.45) is 1.15. The molecular weight excluding hydrogens is 262 g/mol. The number of carbonyl (C=O) groups is 1. The van der Waals surface area contributed by atoms with Crippen molar-refractivity contribution < 1.29 is 9.90 Å². The summed E-state index contributed by atoms with van der Waals surface area (Å²) in [6.45, 7) is 4.84. The molecule has 1 saturated heterocycles. The SMILES string of the molecule is C[C@@H]1CN(C(=O)CCc2cccc(Cl)c2)C[C@]1(C)O. The highest BCUT2D eigenvalue weighted by Crippen LogP contribution is 2.27. The van der Waals surface area contributed by atoms with Crippen molar-refractivity contribution in [1.29, 1.82) is 0 Å². The molecule has 0 saturated carbocycles. The lowest BCUT2D eigenvalue weighted by atomic mass is 9.95. The van der Waals surface area contributed by atoms with E-state index in [4.69, 9.17) is 11.6 Å². The molecule has 0 bridgehead atoms. The van der Waals surface area contributed by atoms with E-state index in [1.54, 1.807) is 11.8 Å². The number of likely N-dealkylation sites (tertiary alicyclic amines) is 1. The molecule has 2 rings (SSSR count). The fourth-order valence-corrected chi connectivity index (χ4v) is 2.64. The number of halogens is 1. The van der Waals surface area contributed by atoms with Gasteiger partial charge in [0.2, 0.25) is 5.91 Å². The van der Waals surface area contributed by atoms with Gasteiger partial charge in [0, 0.05) is 30.5 Å². The molecule has 1 heterocycles. The Morgan fingerprint density at radius 3 is 2.89 bits per heavy atom. The lowest BCUT2D eigenvalue weighted by molar-refractivity contribution is -0.131. The van der Waals surface area contributed by atoms with Gasteiger partial charge >= 0.3 is 0 Å². The predicted molar refractivity (Wildman–Crippen MR) is 76.1 cm³/mol. The summed E-state index contributed by atoms with van der Waals surface area (Å²) in [4.78, 5) is 13.9. The van der Waals surface area contributed by atoms with Crippen LogP contribution in [0.3, 0.4) is 0 Å². The number of carbonyl (C=O) groups excluding carboxylic acids is 1. The highest BCUT2D eigenvalue weighted by molar-refractivity contribution is 6.30. The highest BCUT2D eigenvalue weighted by atomic mass is 35.5. The third-order valence-corrected chi connectivity index (χ3v) is 4.17. The van der Waals surface area contributed by atoms with Crippen LogP contribution in [0.4, 0.5) is 0 Å². The van der Waals surface area contributed by atoms with Crippen molar-refractivity contribution in [3.05, 3.63) is 34.9 Å². The van der Waals surface area contributed by atoms with Gasteiger partial charge in [-0.3, -0.25) is 4.79 Å². The van der Waals surface area contributed by atoms with Gasteiger partial charge in [-0.25, -0.2) is 0 Å². The summed E-state index contributed by atoms with van der Waals surface area (Å²) >= 11 is 5.92. The summed E-state index contributed by atoms with van der Waals surface area (Å²) in [6, 6.07) is 7.58. The van der Waals surface area contributed by atoms with Crippen LogP contribution in [-0.2, 0) is 11.2 Å². The van der Waals surface area contributed by atoms with Gasteiger partial charge in [0.1, 0.15) is 0 Å². The van der Waals surface area contributed by atoms with Crippen LogP contribution in [0.1, 0.15) is 25.8 Å². The molecule has 3 nitrogen and oxygen atoms in total. The van der Waals surface area contributed by atoms with Gasteiger partial charge < -0.3 is 10.0 Å². The number of β-amino-alcohol motifs (C(OH)–C–C–N with tert-alkyl or cyclic N) is 1. The molecule has 1 aromatic carbocycles. The van der Waals surface area contributed by atoms with E-state index in [0.717, 1.165) is 5.56 Å². The van der Waals surface area contributed by atoms with Gasteiger partial charge in [0.05, 0.1) is 5.60 Å². The molecule has 0 spiro atoms. The second-order valence-corrected chi connectivity index (χ2v) is 6.10. The number of nitrogens with zero attached hydrogens (tertiary/aromatic N) is 1. The first-order valence-electron chi connectivity index (χ1n) is 6.63. The second kappa shape index (κ2) is 5.51. The Labute approximate surface area is 119 Å². The Kier molecular flexibility index (Phi) is 4.16. The average molecular weight is 282 g/mol. The maximum Gasteiger partial charge on any atom is 0.223 e. The maximum absolute atomic E-state index is 12.1. The first kappa shape index (κ1) is 14.4. The number of aryl methyl sites for hydroxylation is 1. The van der Waals surface area contributed by atoms with E-state index in [1.165, 1.54) is 0 Å². The van der Waals surface area contributed by atoms with Crippen LogP contribution in [-0.4, -0.2) is 34.6 Å². The summed E-state index contributed by atoms with van der Waals surface area (Å²) in [5.41, 5.74) is 0.311. The first-order chi connectivity index (χ1) is 8.88. The van der Waals surface area contributed by atoms with E-state index in [9.17, 15) is 9.90 Å². The van der Waals surface area contributed by atoms with E-state index in [0.29, 0.717) is 31.0 Å². The fourth-order valence-electron chi connectivity index (χ4n) is 2.43. The van der Waals surface area contributed by atoms with Crippen molar-refractivity contribution in [3.8, 4) is 0 Å². The van der Waals surface area contributed by atoms with Gasteiger partial charge in [-0.1, -0.05) is 30.7 Å². The Hall–Kier alpha value is -1.06. The molecule has 1 aliphatic heterocycles. The molecule has 0 aliphatic carbocycles. The predicted octanol–water partition coefficient (Wildman–Crippen LogP) is 2.50. The summed E-state index contributed by atoms with van der Waals surface area (Å²) in [5, 5.41) is 10.8. The summed E-state index contributed by atoms with van der Waals surface area (Å²) in [5.74, 6) is 0.229. The summed E-state index contributed by atoms with van der Waals surface area (Å²) in [7, 11) is 0. The van der Waals surface area contributed by atoms with E-state index in [1.807, 2.05) is 31.2 Å². The zero-order valence-corrected chi connectivity index (χ0v) is 12.2. The number of aliphatic hydroxyl groups is 1. The zero-order valence-electron chi connectivity index (χ0n) is 11.4. The Balaban J connectivity index is 1.89. The molecule has 1 aliphatic rings. The van der Waals surface area contributed by atoms with E-state index < -0.39 is 5.60 Å². The molecule has 1 N–H and O–H groups in total. The minimum atomic E-state index is -0.758. The molecular formula is C15H20ClNO2. The van der Waals surface area contributed by atoms with Crippen molar-refractivity contribution in [2.45, 2.75) is 32.3 Å². The van der Waals surface area contributed by atoms with Crippen molar-refractivity contribution in [2.75, 3.05) is 13.1 Å². The number of rotatable bonds is 3. The van der Waals surface area contributed by atoms with Crippen molar-refractivity contribution in [2.24, 2.45) is 5.92 Å². The molecule has 1 aromatic rings. The molecule has 1 fully saturated rings. The maximum atomic E-state index is 12.1. The van der Waals surface area contributed by atoms with Crippen molar-refractivity contribution in [3.63, 3.8) is 0 Å². The van der Waals surface area contributed by atoms with Gasteiger partial charge in [0.15, 0.2) is 0 Å². The van der Waals surface area contributed by atoms with Crippen LogP contribution < -0.4 is 0 Å². The van der Waals surface area contributed by atoms with Gasteiger partial charge in [-0.15, -0.1) is 0 Å². The smallest absolute Gasteiger partial charge is 0.223 e. The van der Waals surface area contributed by atoms with Gasteiger partial charge in [-0.05, 0) is 31.0 Å². The van der Waals surface area contributed by atoms with Gasteiger partial charge in [-0.2, -0.15) is 0 Å². The molecule has 4 heteroatoms. The number of hydrogen-bond acceptors (Lipinski definition) is 2. The molecule has 2 atom stereocenters. The fraction of sp³-hybridized carbons (Fsp3) is 0.533. The molecule has 19 heavy (non-hydrogen) atoms. The van der Waals surface area contributed by atoms with Crippen LogP contribution in [0, 0.1) is 5.92 Å². The van der Waals surface area contributed by atoms with Crippen LogP contribution in [0.25, 0.3) is 0 Å². The normalized spacial score (nSPS) is 26.7. The third kappa shape index (κ3) is 3.48. The topological polar surface area (TPSA) is 40.5 Å². The van der Waals surface area contributed by atoms with Crippen LogP contribution >= 0.6 is 11.6 Å². The minimum Gasteiger partial charge on any atom is -0.388 e. The molecule has 0 radical (unpaired) electrons. The molecule has 0 unspecified atom stereocenters. The monoisotopic (exact) mass is 281 g/mol. The molecule has 0 aromatic heterocycles. The zero-order chi connectivity index (χ0) is 14.0. The second-order valence-electron chi connectivity index (χ2n) is 5.66. The minimum absolute atomic E-state index is 0.101. The van der Waals surface area contributed by atoms with Gasteiger partial charge in [0.25, 0.3) is 0 Å². The van der Waals surface area contributed by atoms with Crippen molar-refractivity contribution >= 4 is 17.5 Å². The number of amides is 1. The lowest BCUT2D eigenvalue weighted by Crippen LogP contribution is -2.35. The quantitative estimate of drug-likeness (QED) is 0.925. The lowest BCUT2D eigenvalue weighted by Gasteiger charge is -2.20. The van der Waals surface area contributed by atoms with Crippen LogP contribution in [0.2, 0.25) is 5.02 Å². The van der Waals surface area contributed by atoms with E-state index in [2.05, 4.69) is 0 Å². The van der Waals surface area contributed by atoms with Crippen molar-refractivity contribution in [1.82, 2.24) is 4.90 Å². The Bertz CT molecular complexity index is 473. The number of hydrogen-bond donors (Lipinski definition) is 1. The van der Waals surface area contributed by atoms with E-state index >= 15 is 0 Å².